The number of hydrogen-bond donors (Lipinski definition) is 1. The molecule has 1 aliphatic heterocycles. The van der Waals surface area contributed by atoms with E-state index in [1.807, 2.05) is 36.0 Å². The van der Waals surface area contributed by atoms with E-state index in [1.54, 1.807) is 6.26 Å². The van der Waals surface area contributed by atoms with E-state index >= 15 is 0 Å². The van der Waals surface area contributed by atoms with Crippen LogP contribution in [0.3, 0.4) is 0 Å². The van der Waals surface area contributed by atoms with Crippen LogP contribution in [-0.2, 0) is 11.5 Å². The van der Waals surface area contributed by atoms with Gasteiger partial charge >= 0.3 is 0 Å². The van der Waals surface area contributed by atoms with Crippen LogP contribution in [-0.4, -0.2) is 16.5 Å². The Hall–Kier alpha value is -2.01. The third kappa shape index (κ3) is 2.08. The molecule has 21 heavy (non-hydrogen) atoms. The van der Waals surface area contributed by atoms with Gasteiger partial charge < -0.3 is 9.73 Å². The molecule has 0 saturated carbocycles. The number of benzene rings is 1. The summed E-state index contributed by atoms with van der Waals surface area (Å²) in [5.74, 6) is 3.66. The summed E-state index contributed by atoms with van der Waals surface area (Å²) in [6.07, 6.45) is 1.75. The molecule has 1 aliphatic rings. The predicted octanol–water partition coefficient (Wildman–Crippen LogP) is 4.07. The molecule has 0 amide bonds. The molecule has 4 nitrogen and oxygen atoms in total. The lowest BCUT2D eigenvalue weighted by Crippen LogP contribution is -2.06. The Kier molecular flexibility index (Phi) is 3.07. The lowest BCUT2D eigenvalue weighted by Gasteiger charge is -2.09. The fraction of sp³-hybridized carbons (Fsp3) is 0.250. The Labute approximate surface area is 127 Å². The third-order valence-electron chi connectivity index (χ3n) is 3.64. The van der Waals surface area contributed by atoms with Gasteiger partial charge in [-0.05, 0) is 13.0 Å². The zero-order valence-electron chi connectivity index (χ0n) is 11.7. The van der Waals surface area contributed by atoms with Crippen LogP contribution < -0.4 is 5.32 Å². The van der Waals surface area contributed by atoms with E-state index in [1.165, 1.54) is 5.56 Å². The lowest BCUT2D eigenvalue weighted by atomic mass is 10.1. The van der Waals surface area contributed by atoms with Crippen molar-refractivity contribution in [3.05, 3.63) is 41.8 Å². The van der Waals surface area contributed by atoms with Crippen molar-refractivity contribution >= 4 is 28.5 Å². The average molecular weight is 297 g/mol. The zero-order valence-corrected chi connectivity index (χ0v) is 12.5. The number of anilines is 1. The van der Waals surface area contributed by atoms with Gasteiger partial charge in [-0.1, -0.05) is 18.2 Å². The molecule has 3 aromatic rings. The van der Waals surface area contributed by atoms with Gasteiger partial charge in [0, 0.05) is 29.0 Å². The van der Waals surface area contributed by atoms with Crippen molar-refractivity contribution in [2.24, 2.45) is 0 Å². The lowest BCUT2D eigenvalue weighted by molar-refractivity contribution is 0.616. The summed E-state index contributed by atoms with van der Waals surface area (Å²) in [6.45, 7) is 2.95. The van der Waals surface area contributed by atoms with Crippen molar-refractivity contribution in [3.8, 4) is 11.4 Å². The molecule has 0 saturated heterocycles. The quantitative estimate of drug-likeness (QED) is 0.789. The Morgan fingerprint density at radius 1 is 1.24 bits per heavy atom. The van der Waals surface area contributed by atoms with Crippen LogP contribution in [0.4, 0.5) is 5.82 Å². The maximum absolute atomic E-state index is 5.62. The summed E-state index contributed by atoms with van der Waals surface area (Å²) in [5.41, 5.74) is 4.23. The van der Waals surface area contributed by atoms with E-state index in [-0.39, 0.29) is 0 Å². The van der Waals surface area contributed by atoms with Gasteiger partial charge in [0.1, 0.15) is 17.7 Å². The van der Waals surface area contributed by atoms with Crippen molar-refractivity contribution < 1.29 is 4.42 Å². The number of nitrogens with zero attached hydrogens (tertiary/aromatic N) is 2. The first-order valence-electron chi connectivity index (χ1n) is 7.05. The molecule has 1 N–H and O–H groups in total. The average Bonchev–Trinajstić information content (AvgIpc) is 3.13. The van der Waals surface area contributed by atoms with Gasteiger partial charge in [0.05, 0.1) is 11.3 Å². The van der Waals surface area contributed by atoms with Crippen LogP contribution in [0.15, 0.2) is 34.9 Å². The van der Waals surface area contributed by atoms with E-state index in [2.05, 4.69) is 12.2 Å². The van der Waals surface area contributed by atoms with E-state index in [9.17, 15) is 0 Å². The van der Waals surface area contributed by atoms with Gasteiger partial charge in [-0.3, -0.25) is 0 Å². The first-order valence-corrected chi connectivity index (χ1v) is 8.20. The van der Waals surface area contributed by atoms with Crippen molar-refractivity contribution in [1.29, 1.82) is 0 Å². The van der Waals surface area contributed by atoms with Crippen LogP contribution in [0, 0.1) is 0 Å². The van der Waals surface area contributed by atoms with E-state index in [4.69, 9.17) is 14.4 Å². The van der Waals surface area contributed by atoms with Crippen LogP contribution in [0.1, 0.15) is 18.2 Å². The summed E-state index contributed by atoms with van der Waals surface area (Å²) in [7, 11) is 0. The second-order valence-corrected chi connectivity index (χ2v) is 5.98. The summed E-state index contributed by atoms with van der Waals surface area (Å²) in [4.78, 5) is 9.49. The highest BCUT2D eigenvalue weighted by Crippen LogP contribution is 2.36. The number of fused-ring (bicyclic) bond motifs is 2. The fourth-order valence-corrected chi connectivity index (χ4v) is 3.68. The van der Waals surface area contributed by atoms with Gasteiger partial charge in [0.25, 0.3) is 0 Å². The molecule has 0 aliphatic carbocycles. The first kappa shape index (κ1) is 12.7. The van der Waals surface area contributed by atoms with E-state index < -0.39 is 0 Å². The number of nitrogens with one attached hydrogen (secondary N) is 1. The molecule has 0 atom stereocenters. The Morgan fingerprint density at radius 3 is 3.05 bits per heavy atom. The molecule has 2 aromatic heterocycles. The molecule has 0 bridgehead atoms. The van der Waals surface area contributed by atoms with Crippen LogP contribution in [0.2, 0.25) is 0 Å². The fourth-order valence-electron chi connectivity index (χ4n) is 2.64. The minimum Gasteiger partial charge on any atom is -0.464 e. The van der Waals surface area contributed by atoms with Crippen LogP contribution in [0.25, 0.3) is 22.4 Å². The van der Waals surface area contributed by atoms with Gasteiger partial charge in [-0.15, -0.1) is 0 Å². The standard InChI is InChI=1S/C16H15N3OS/c1-2-17-15-12-8-21-9-13(12)18-16(19-15)11-7-20-14-6-4-3-5-10(11)14/h3-7H,2,8-9H2,1H3,(H,17,18,19). The third-order valence-corrected chi connectivity index (χ3v) is 4.61. The SMILES string of the molecule is CCNc1nc(-c2coc3ccccc23)nc2c1CSC2. The van der Waals surface area contributed by atoms with Crippen molar-refractivity contribution in [2.45, 2.75) is 18.4 Å². The molecule has 5 heteroatoms. The molecule has 4 rings (SSSR count). The second kappa shape index (κ2) is 5.07. The Bertz CT molecular complexity index is 812. The zero-order chi connectivity index (χ0) is 14.2. The van der Waals surface area contributed by atoms with Crippen LogP contribution in [0.5, 0.6) is 0 Å². The number of furan rings is 1. The first-order chi connectivity index (χ1) is 10.4. The van der Waals surface area contributed by atoms with Crippen molar-refractivity contribution in [3.63, 3.8) is 0 Å². The van der Waals surface area contributed by atoms with E-state index in [0.29, 0.717) is 0 Å². The normalized spacial score (nSPS) is 13.6. The summed E-state index contributed by atoms with van der Waals surface area (Å²) >= 11 is 1.89. The minimum atomic E-state index is 0.747. The van der Waals surface area contributed by atoms with Crippen LogP contribution >= 0.6 is 11.8 Å². The smallest absolute Gasteiger partial charge is 0.165 e. The minimum absolute atomic E-state index is 0.747. The largest absolute Gasteiger partial charge is 0.464 e. The molecular formula is C16H15N3OS. The molecule has 0 spiro atoms. The van der Waals surface area contributed by atoms with Gasteiger partial charge in [0.2, 0.25) is 0 Å². The molecule has 106 valence electrons. The van der Waals surface area contributed by atoms with E-state index in [0.717, 1.165) is 51.9 Å². The molecule has 0 fully saturated rings. The summed E-state index contributed by atoms with van der Waals surface area (Å²) < 4.78 is 5.62. The highest BCUT2D eigenvalue weighted by Gasteiger charge is 2.21. The maximum atomic E-state index is 5.62. The molecule has 3 heterocycles. The number of rotatable bonds is 3. The number of aromatic nitrogens is 2. The van der Waals surface area contributed by atoms with Crippen molar-refractivity contribution in [1.82, 2.24) is 9.97 Å². The highest BCUT2D eigenvalue weighted by molar-refractivity contribution is 7.98. The second-order valence-electron chi connectivity index (χ2n) is 4.99. The molecule has 0 radical (unpaired) electrons. The Morgan fingerprint density at radius 2 is 2.14 bits per heavy atom. The molecule has 1 aromatic carbocycles. The van der Waals surface area contributed by atoms with Gasteiger partial charge in [0.15, 0.2) is 5.82 Å². The monoisotopic (exact) mass is 297 g/mol. The summed E-state index contributed by atoms with van der Waals surface area (Å²) in [5, 5.41) is 4.42. The topological polar surface area (TPSA) is 51.0 Å². The van der Waals surface area contributed by atoms with Gasteiger partial charge in [-0.2, -0.15) is 11.8 Å². The Balaban J connectivity index is 1.90. The number of hydrogen-bond acceptors (Lipinski definition) is 5. The molecular weight excluding hydrogens is 282 g/mol. The molecule has 0 unspecified atom stereocenters. The number of thioether (sulfide) groups is 1. The van der Waals surface area contributed by atoms with Gasteiger partial charge in [-0.25, -0.2) is 9.97 Å². The maximum Gasteiger partial charge on any atom is 0.165 e. The number of para-hydroxylation sites is 1. The highest BCUT2D eigenvalue weighted by atomic mass is 32.2. The predicted molar refractivity (Wildman–Crippen MR) is 86.4 cm³/mol. The van der Waals surface area contributed by atoms with Crippen molar-refractivity contribution in [2.75, 3.05) is 11.9 Å². The summed E-state index contributed by atoms with van der Waals surface area (Å²) in [6, 6.07) is 8.00.